The summed E-state index contributed by atoms with van der Waals surface area (Å²) in [6.07, 6.45) is 0. The molecule has 196 valence electrons. The zero-order chi connectivity index (χ0) is 28.6. The van der Waals surface area contributed by atoms with E-state index in [9.17, 15) is 0 Å². The van der Waals surface area contributed by atoms with Crippen molar-refractivity contribution in [2.45, 2.75) is 26.2 Å². The molecule has 0 radical (unpaired) electrons. The average Bonchev–Trinajstić information content (AvgIpc) is 3.36. The molecule has 0 saturated heterocycles. The predicted molar refractivity (Wildman–Crippen MR) is 176 cm³/mol. The maximum absolute atomic E-state index is 8.03. The van der Waals surface area contributed by atoms with Gasteiger partial charge in [-0.05, 0) is 89.8 Å². The minimum atomic E-state index is 0.0630. The summed E-state index contributed by atoms with van der Waals surface area (Å²) in [4.78, 5) is 0. The summed E-state index contributed by atoms with van der Waals surface area (Å²) < 4.78 is 14.4. The Morgan fingerprint density at radius 1 is 0.488 bits per heavy atom. The van der Waals surface area contributed by atoms with E-state index in [1.165, 1.54) is 49.4 Å². The largest absolute Gasteiger partial charge is 0.456 e. The Bertz CT molecular complexity index is 2290. The van der Waals surface area contributed by atoms with E-state index in [4.69, 9.17) is 5.79 Å². The van der Waals surface area contributed by atoms with Crippen LogP contribution in [0.3, 0.4) is 0 Å². The molecule has 0 unspecified atom stereocenters. The average molecular weight is 528 g/mol. The van der Waals surface area contributed by atoms with Gasteiger partial charge in [-0.1, -0.05) is 124 Å². The minimum Gasteiger partial charge on any atom is -0.456 e. The van der Waals surface area contributed by atoms with Gasteiger partial charge in [-0.3, -0.25) is 0 Å². The summed E-state index contributed by atoms with van der Waals surface area (Å²) in [5.74, 6) is 0. The van der Waals surface area contributed by atoms with Gasteiger partial charge in [-0.15, -0.1) is 0 Å². The molecule has 7 aromatic carbocycles. The van der Waals surface area contributed by atoms with Crippen LogP contribution < -0.4 is 0 Å². The Kier molecular flexibility index (Phi) is 4.92. The summed E-state index contributed by atoms with van der Waals surface area (Å²) in [6, 6.07) is 43.8. The van der Waals surface area contributed by atoms with Crippen LogP contribution in [0.5, 0.6) is 0 Å². The van der Waals surface area contributed by atoms with E-state index in [-0.39, 0.29) is 5.41 Å². The van der Waals surface area contributed by atoms with Crippen LogP contribution in [0.1, 0.15) is 27.7 Å². The van der Waals surface area contributed by atoms with Gasteiger partial charge in [-0.2, -0.15) is 0 Å². The fourth-order valence-electron chi connectivity index (χ4n) is 6.43. The number of hydrogen-bond acceptors (Lipinski definition) is 1. The summed E-state index contributed by atoms with van der Waals surface area (Å²) in [5.41, 5.74) is 8.04. The number of rotatable bonds is 2. The Morgan fingerprint density at radius 3 is 1.78 bits per heavy atom. The number of fused-ring (bicyclic) bond motifs is 6. The van der Waals surface area contributed by atoms with Gasteiger partial charge in [0.05, 0.1) is 1.37 Å². The Morgan fingerprint density at radius 2 is 1.12 bits per heavy atom. The lowest BCUT2D eigenvalue weighted by atomic mass is 9.85. The third-order valence-electron chi connectivity index (χ3n) is 8.53. The lowest BCUT2D eigenvalue weighted by molar-refractivity contribution is 0.587. The first-order chi connectivity index (χ1) is 20.3. The van der Waals surface area contributed by atoms with E-state index < -0.39 is 0 Å². The van der Waals surface area contributed by atoms with E-state index in [0.29, 0.717) is 6.04 Å². The first kappa shape index (κ1) is 22.9. The first-order valence-electron chi connectivity index (χ1n) is 14.8. The molecule has 0 N–H and O–H groups in total. The Balaban J connectivity index is 1.41. The van der Waals surface area contributed by atoms with Crippen LogP contribution in [0.2, 0.25) is 0 Å². The SMILES string of the molecule is [2H]c1ccc2cc(-c3c4ccccc4c(-c4ccc5oc6cc(C(C)(C)C)ccc6c5c4)c4ccccc34)ccc2c1. The van der Waals surface area contributed by atoms with Crippen molar-refractivity contribution in [1.29, 1.82) is 0 Å². The Labute approximate surface area is 241 Å². The highest BCUT2D eigenvalue weighted by Crippen LogP contribution is 2.45. The molecule has 41 heavy (non-hydrogen) atoms. The highest BCUT2D eigenvalue weighted by Gasteiger charge is 2.19. The van der Waals surface area contributed by atoms with Crippen molar-refractivity contribution in [2.75, 3.05) is 0 Å². The van der Waals surface area contributed by atoms with E-state index in [1.807, 2.05) is 12.1 Å². The minimum absolute atomic E-state index is 0.0630. The van der Waals surface area contributed by atoms with Gasteiger partial charge in [0.1, 0.15) is 11.2 Å². The standard InChI is InChI=1S/C40H30O/c1-40(2,3)29-19-20-30-35-23-28(18-21-36(35)41-37(30)24-29)39-33-14-8-6-12-31(33)38(32-13-7-9-15-34(32)39)27-17-16-25-10-4-5-11-26(25)22-27/h4-24H,1-3H3/i4D. The highest BCUT2D eigenvalue weighted by atomic mass is 16.3. The molecule has 1 heteroatoms. The number of furan rings is 1. The third-order valence-corrected chi connectivity index (χ3v) is 8.53. The highest BCUT2D eigenvalue weighted by molar-refractivity contribution is 6.22. The van der Waals surface area contributed by atoms with Crippen LogP contribution >= 0.6 is 0 Å². The van der Waals surface area contributed by atoms with Gasteiger partial charge >= 0.3 is 0 Å². The molecule has 0 spiro atoms. The summed E-state index contributed by atoms with van der Waals surface area (Å²) in [6.45, 7) is 6.71. The van der Waals surface area contributed by atoms with Crippen LogP contribution in [-0.4, -0.2) is 0 Å². The maximum Gasteiger partial charge on any atom is 0.135 e. The van der Waals surface area contributed by atoms with Gasteiger partial charge in [0.15, 0.2) is 0 Å². The van der Waals surface area contributed by atoms with Gasteiger partial charge < -0.3 is 4.42 Å². The molecule has 8 rings (SSSR count). The monoisotopic (exact) mass is 527 g/mol. The maximum atomic E-state index is 8.03. The van der Waals surface area contributed by atoms with Gasteiger partial charge in [0.25, 0.3) is 0 Å². The lowest BCUT2D eigenvalue weighted by Crippen LogP contribution is -2.10. The molecular formula is C40H30O. The normalized spacial score (nSPS) is 12.6. The quantitative estimate of drug-likeness (QED) is 0.204. The molecule has 0 bridgehead atoms. The van der Waals surface area contributed by atoms with Crippen LogP contribution in [0.15, 0.2) is 132 Å². The molecule has 0 aliphatic carbocycles. The lowest BCUT2D eigenvalue weighted by Gasteiger charge is -2.18. The molecule has 0 aliphatic rings. The zero-order valence-corrected chi connectivity index (χ0v) is 23.5. The zero-order valence-electron chi connectivity index (χ0n) is 24.5. The summed E-state index contributed by atoms with van der Waals surface area (Å²) in [5, 5.41) is 9.45. The van der Waals surface area contributed by atoms with Crippen molar-refractivity contribution in [3.8, 4) is 22.3 Å². The molecule has 1 aromatic heterocycles. The van der Waals surface area contributed by atoms with E-state index >= 15 is 0 Å². The smallest absolute Gasteiger partial charge is 0.135 e. The second kappa shape index (κ2) is 8.81. The molecule has 1 heterocycles. The van der Waals surface area contributed by atoms with Crippen molar-refractivity contribution >= 4 is 54.3 Å². The molecule has 0 saturated carbocycles. The van der Waals surface area contributed by atoms with E-state index in [0.717, 1.165) is 32.7 Å². The van der Waals surface area contributed by atoms with Gasteiger partial charge in [0, 0.05) is 10.8 Å². The predicted octanol–water partition coefficient (Wildman–Crippen LogP) is 11.7. The van der Waals surface area contributed by atoms with E-state index in [2.05, 4.69) is 130 Å². The van der Waals surface area contributed by atoms with Crippen LogP contribution in [-0.2, 0) is 5.41 Å². The Hall–Kier alpha value is -4.88. The second-order valence-electron chi connectivity index (χ2n) is 12.1. The van der Waals surface area contributed by atoms with Crippen LogP contribution in [0, 0.1) is 0 Å². The number of benzene rings is 7. The fraction of sp³-hybridized carbons (Fsp3) is 0.100. The molecule has 0 amide bonds. The van der Waals surface area contributed by atoms with E-state index in [1.54, 1.807) is 0 Å². The van der Waals surface area contributed by atoms with Crippen molar-refractivity contribution in [3.63, 3.8) is 0 Å². The second-order valence-corrected chi connectivity index (χ2v) is 12.1. The molecule has 0 fully saturated rings. The molecular weight excluding hydrogens is 496 g/mol. The molecule has 8 aromatic rings. The first-order valence-corrected chi connectivity index (χ1v) is 14.3. The topological polar surface area (TPSA) is 13.1 Å². The van der Waals surface area contributed by atoms with Crippen molar-refractivity contribution in [1.82, 2.24) is 0 Å². The van der Waals surface area contributed by atoms with Crippen molar-refractivity contribution in [3.05, 3.63) is 133 Å². The number of hydrogen-bond donors (Lipinski definition) is 0. The summed E-state index contributed by atoms with van der Waals surface area (Å²) in [7, 11) is 0. The molecule has 0 aliphatic heterocycles. The van der Waals surface area contributed by atoms with Crippen LogP contribution in [0.25, 0.3) is 76.5 Å². The van der Waals surface area contributed by atoms with Gasteiger partial charge in [-0.25, -0.2) is 0 Å². The van der Waals surface area contributed by atoms with Crippen molar-refractivity contribution in [2.24, 2.45) is 0 Å². The van der Waals surface area contributed by atoms with Gasteiger partial charge in [0.2, 0.25) is 0 Å². The third kappa shape index (κ3) is 3.77. The van der Waals surface area contributed by atoms with Crippen molar-refractivity contribution < 1.29 is 5.79 Å². The molecule has 1 nitrogen and oxygen atoms in total. The molecule has 0 atom stereocenters. The van der Waals surface area contributed by atoms with Crippen LogP contribution in [0.4, 0.5) is 0 Å². The summed E-state index contributed by atoms with van der Waals surface area (Å²) >= 11 is 0. The fourth-order valence-corrected chi connectivity index (χ4v) is 6.43.